The molecule has 1 heterocycles. The number of nitrogens with two attached hydrogens (primary N) is 1. The number of hydrogen-bond acceptors (Lipinski definition) is 5. The second-order valence-electron chi connectivity index (χ2n) is 6.23. The van der Waals surface area contributed by atoms with Crippen LogP contribution < -0.4 is 16.0 Å². The number of benzene rings is 2. The van der Waals surface area contributed by atoms with Gasteiger partial charge in [-0.05, 0) is 42.5 Å². The van der Waals surface area contributed by atoms with Crippen LogP contribution in [0.3, 0.4) is 0 Å². The molecule has 0 aromatic heterocycles. The van der Waals surface area contributed by atoms with Gasteiger partial charge in [-0.2, -0.15) is 5.26 Å². The summed E-state index contributed by atoms with van der Waals surface area (Å²) in [6, 6.07) is 16.5. The van der Waals surface area contributed by atoms with E-state index in [9.17, 15) is 10.1 Å². The van der Waals surface area contributed by atoms with E-state index in [1.54, 1.807) is 30.5 Å². The number of halogens is 1. The summed E-state index contributed by atoms with van der Waals surface area (Å²) in [5.74, 6) is -0.431. The van der Waals surface area contributed by atoms with Crippen LogP contribution in [-0.2, 0) is 4.79 Å². The van der Waals surface area contributed by atoms with E-state index in [2.05, 4.69) is 10.2 Å². The fraction of sp³-hybridized carbons (Fsp3) is 0.200. The topological polar surface area (TPSA) is 85.4 Å². The average Bonchev–Trinajstić information content (AvgIpc) is 2.68. The maximum atomic E-state index is 12.3. The van der Waals surface area contributed by atoms with Gasteiger partial charge >= 0.3 is 0 Å². The van der Waals surface area contributed by atoms with E-state index < -0.39 is 5.91 Å². The predicted octanol–water partition coefficient (Wildman–Crippen LogP) is 3.09. The third kappa shape index (κ3) is 4.93. The minimum atomic E-state index is -0.431. The van der Waals surface area contributed by atoms with Gasteiger partial charge in [0.05, 0.1) is 0 Å². The van der Waals surface area contributed by atoms with E-state index in [1.165, 1.54) is 0 Å². The molecule has 2 aromatic rings. The summed E-state index contributed by atoms with van der Waals surface area (Å²) in [4.78, 5) is 16.6. The molecule has 7 heteroatoms. The molecule has 3 N–H and O–H groups in total. The van der Waals surface area contributed by atoms with E-state index in [0.29, 0.717) is 29.5 Å². The molecule has 1 amide bonds. The van der Waals surface area contributed by atoms with Crippen molar-refractivity contribution in [1.29, 1.82) is 5.26 Å². The normalized spacial score (nSPS) is 14.6. The van der Waals surface area contributed by atoms with Crippen LogP contribution in [0, 0.1) is 11.3 Å². The molecular weight excluding hydrogens is 362 g/mol. The van der Waals surface area contributed by atoms with Gasteiger partial charge in [-0.25, -0.2) is 0 Å². The van der Waals surface area contributed by atoms with Crippen molar-refractivity contribution in [3.05, 3.63) is 65.3 Å². The van der Waals surface area contributed by atoms with Crippen LogP contribution in [0.5, 0.6) is 0 Å². The fourth-order valence-corrected chi connectivity index (χ4v) is 3.05. The maximum Gasteiger partial charge on any atom is 0.267 e. The summed E-state index contributed by atoms with van der Waals surface area (Å²) >= 11 is 6.06. The van der Waals surface area contributed by atoms with Gasteiger partial charge in [0, 0.05) is 54.5 Å². The lowest BCUT2D eigenvalue weighted by atomic mass is 10.2. The summed E-state index contributed by atoms with van der Waals surface area (Å²) < 4.78 is 0. The number of rotatable bonds is 4. The predicted molar refractivity (Wildman–Crippen MR) is 108 cm³/mol. The Bertz CT molecular complexity index is 880. The first-order chi connectivity index (χ1) is 13.0. The Morgan fingerprint density at radius 1 is 1.15 bits per heavy atom. The SMILES string of the molecule is N#C/C(=C/N1CCN(c2cccc(Cl)c2)CC1)C(=O)Nc1ccc(N)cc1. The van der Waals surface area contributed by atoms with Crippen molar-refractivity contribution in [3.63, 3.8) is 0 Å². The van der Waals surface area contributed by atoms with Crippen molar-refractivity contribution in [3.8, 4) is 6.07 Å². The number of anilines is 3. The Morgan fingerprint density at radius 3 is 2.48 bits per heavy atom. The molecule has 1 saturated heterocycles. The van der Waals surface area contributed by atoms with E-state index in [4.69, 9.17) is 17.3 Å². The largest absolute Gasteiger partial charge is 0.399 e. The molecule has 2 aromatic carbocycles. The molecule has 0 unspecified atom stereocenters. The number of nitrogen functional groups attached to an aromatic ring is 1. The van der Waals surface area contributed by atoms with Crippen molar-refractivity contribution in [2.75, 3.05) is 42.1 Å². The highest BCUT2D eigenvalue weighted by Gasteiger charge is 2.18. The van der Waals surface area contributed by atoms with Gasteiger partial charge in [-0.15, -0.1) is 0 Å². The molecule has 27 heavy (non-hydrogen) atoms. The van der Waals surface area contributed by atoms with Crippen LogP contribution in [0.2, 0.25) is 5.02 Å². The molecular formula is C20H20ClN5O. The molecule has 138 valence electrons. The summed E-state index contributed by atoms with van der Waals surface area (Å²) in [6.07, 6.45) is 1.63. The zero-order chi connectivity index (χ0) is 19.2. The van der Waals surface area contributed by atoms with E-state index in [-0.39, 0.29) is 5.57 Å². The minimum absolute atomic E-state index is 0.0723. The van der Waals surface area contributed by atoms with Crippen molar-refractivity contribution in [2.45, 2.75) is 0 Å². The van der Waals surface area contributed by atoms with Crippen LogP contribution in [0.4, 0.5) is 17.1 Å². The Kier molecular flexibility index (Phi) is 5.84. The Balaban J connectivity index is 1.60. The molecule has 0 saturated carbocycles. The van der Waals surface area contributed by atoms with Crippen molar-refractivity contribution in [2.24, 2.45) is 0 Å². The summed E-state index contributed by atoms with van der Waals surface area (Å²) in [5, 5.41) is 12.8. The lowest BCUT2D eigenvalue weighted by molar-refractivity contribution is -0.112. The van der Waals surface area contributed by atoms with Gasteiger partial charge in [-0.1, -0.05) is 17.7 Å². The Morgan fingerprint density at radius 2 is 1.85 bits per heavy atom. The Hall–Kier alpha value is -3.17. The lowest BCUT2D eigenvalue weighted by Gasteiger charge is -2.35. The molecule has 1 aliphatic rings. The first-order valence-electron chi connectivity index (χ1n) is 8.58. The van der Waals surface area contributed by atoms with E-state index >= 15 is 0 Å². The highest BCUT2D eigenvalue weighted by molar-refractivity contribution is 6.30. The van der Waals surface area contributed by atoms with Gasteiger partial charge in [0.15, 0.2) is 0 Å². The zero-order valence-electron chi connectivity index (χ0n) is 14.7. The highest BCUT2D eigenvalue weighted by Crippen LogP contribution is 2.21. The second-order valence-corrected chi connectivity index (χ2v) is 6.67. The minimum Gasteiger partial charge on any atom is -0.399 e. The number of amides is 1. The average molecular weight is 382 g/mol. The van der Waals surface area contributed by atoms with E-state index in [1.807, 2.05) is 35.2 Å². The number of carbonyl (C=O) groups is 1. The number of carbonyl (C=O) groups excluding carboxylic acids is 1. The summed E-state index contributed by atoms with van der Waals surface area (Å²) in [7, 11) is 0. The van der Waals surface area contributed by atoms with Crippen LogP contribution in [0.15, 0.2) is 60.3 Å². The van der Waals surface area contributed by atoms with Gasteiger partial charge < -0.3 is 20.9 Å². The van der Waals surface area contributed by atoms with Crippen LogP contribution in [-0.4, -0.2) is 37.0 Å². The first-order valence-corrected chi connectivity index (χ1v) is 8.96. The molecule has 1 aliphatic heterocycles. The quantitative estimate of drug-likeness (QED) is 0.483. The molecule has 0 aliphatic carbocycles. The summed E-state index contributed by atoms with van der Waals surface area (Å²) in [6.45, 7) is 3.00. The third-order valence-electron chi connectivity index (χ3n) is 4.33. The zero-order valence-corrected chi connectivity index (χ0v) is 15.5. The smallest absolute Gasteiger partial charge is 0.267 e. The fourth-order valence-electron chi connectivity index (χ4n) is 2.87. The molecule has 6 nitrogen and oxygen atoms in total. The van der Waals surface area contributed by atoms with Crippen LogP contribution in [0.1, 0.15) is 0 Å². The van der Waals surface area contributed by atoms with Gasteiger partial charge in [0.1, 0.15) is 11.6 Å². The first kappa shape index (κ1) is 18.6. The molecule has 0 radical (unpaired) electrons. The molecule has 3 rings (SSSR count). The molecule has 1 fully saturated rings. The Labute approximate surface area is 163 Å². The van der Waals surface area contributed by atoms with Gasteiger partial charge in [0.2, 0.25) is 0 Å². The maximum absolute atomic E-state index is 12.3. The molecule has 0 spiro atoms. The molecule has 0 atom stereocenters. The number of piperazine rings is 1. The monoisotopic (exact) mass is 381 g/mol. The van der Waals surface area contributed by atoms with Crippen LogP contribution in [0.25, 0.3) is 0 Å². The number of nitrogens with zero attached hydrogens (tertiary/aromatic N) is 3. The van der Waals surface area contributed by atoms with Crippen molar-refractivity contribution >= 4 is 34.6 Å². The summed E-state index contributed by atoms with van der Waals surface area (Å²) in [5.41, 5.74) is 7.99. The van der Waals surface area contributed by atoms with Crippen LogP contribution >= 0.6 is 11.6 Å². The lowest BCUT2D eigenvalue weighted by Crippen LogP contribution is -2.44. The number of nitrogens with one attached hydrogen (secondary N) is 1. The van der Waals surface area contributed by atoms with Crippen molar-refractivity contribution in [1.82, 2.24) is 4.90 Å². The number of hydrogen-bond donors (Lipinski definition) is 2. The molecule has 0 bridgehead atoms. The number of nitriles is 1. The second kappa shape index (κ2) is 8.47. The van der Waals surface area contributed by atoms with E-state index in [0.717, 1.165) is 18.8 Å². The third-order valence-corrected chi connectivity index (χ3v) is 4.57. The van der Waals surface area contributed by atoms with Gasteiger partial charge in [0.25, 0.3) is 5.91 Å². The standard InChI is InChI=1S/C20H20ClN5O/c21-16-2-1-3-19(12-16)26-10-8-25(9-11-26)14-15(13-22)20(27)24-18-6-4-17(23)5-7-18/h1-7,12,14H,8-11,23H2,(H,24,27)/b15-14-. The van der Waals surface area contributed by atoms with Crippen molar-refractivity contribution < 1.29 is 4.79 Å². The van der Waals surface area contributed by atoms with Gasteiger partial charge in [-0.3, -0.25) is 4.79 Å². The highest BCUT2D eigenvalue weighted by atomic mass is 35.5.